The van der Waals surface area contributed by atoms with Crippen molar-refractivity contribution < 1.29 is 19.1 Å². The third-order valence-electron chi connectivity index (χ3n) is 6.89. The van der Waals surface area contributed by atoms with Gasteiger partial charge in [-0.3, -0.25) is 9.59 Å². The molecule has 5 aliphatic rings. The Bertz CT molecular complexity index is 981. The number of nitrogens with one attached hydrogen (secondary N) is 1. The van der Waals surface area contributed by atoms with Crippen LogP contribution in [0, 0.1) is 0 Å². The van der Waals surface area contributed by atoms with E-state index in [1.165, 1.54) is 0 Å². The summed E-state index contributed by atoms with van der Waals surface area (Å²) in [6.07, 6.45) is 6.70. The quantitative estimate of drug-likeness (QED) is 0.649. The number of piperidine rings is 1. The van der Waals surface area contributed by atoms with Gasteiger partial charge in [0.15, 0.2) is 0 Å². The van der Waals surface area contributed by atoms with E-state index in [0.29, 0.717) is 45.7 Å². The maximum Gasteiger partial charge on any atom is 0.224 e. The molecule has 2 fully saturated rings. The number of nitrogens with zero attached hydrogens (tertiary/aromatic N) is 4. The molecule has 2 amide bonds. The van der Waals surface area contributed by atoms with Gasteiger partial charge < -0.3 is 19.7 Å². The van der Waals surface area contributed by atoms with E-state index >= 15 is 0 Å². The van der Waals surface area contributed by atoms with Crippen molar-refractivity contribution in [2.45, 2.75) is 63.1 Å². The van der Waals surface area contributed by atoms with Gasteiger partial charge in [-0.15, -0.1) is 5.10 Å². The van der Waals surface area contributed by atoms with Gasteiger partial charge in [0.2, 0.25) is 11.8 Å². The van der Waals surface area contributed by atoms with E-state index < -0.39 is 0 Å². The first-order valence-corrected chi connectivity index (χ1v) is 11.9. The molecule has 1 unspecified atom stereocenters. The fourth-order valence-corrected chi connectivity index (χ4v) is 5.01. The molecule has 6 heterocycles. The number of carbonyl (C=O) groups is 2. The van der Waals surface area contributed by atoms with Gasteiger partial charge in [0, 0.05) is 25.7 Å². The number of rotatable bonds is 0. The van der Waals surface area contributed by atoms with Crippen LogP contribution in [0.2, 0.25) is 0 Å². The Morgan fingerprint density at radius 3 is 2.70 bits per heavy atom. The van der Waals surface area contributed by atoms with E-state index in [4.69, 9.17) is 9.47 Å². The lowest BCUT2D eigenvalue weighted by Gasteiger charge is -2.38. The second-order valence-electron chi connectivity index (χ2n) is 9.34. The molecule has 33 heavy (non-hydrogen) atoms. The first-order valence-electron chi connectivity index (χ1n) is 11.9. The van der Waals surface area contributed by atoms with Crippen LogP contribution in [-0.2, 0) is 33.7 Å². The van der Waals surface area contributed by atoms with E-state index in [2.05, 4.69) is 15.6 Å². The standard InChI is InChI=1S/C24H31N5O4/c30-22-14-18-4-6-21(7-5-18)32-13-12-29-16-19(26-27-29)2-1-3-23(31)28-10-8-24(9-11-28)15-20(25-22)17-33-24/h4-7,16,20H,1-3,8-15,17H2,(H,25,30). The van der Waals surface area contributed by atoms with Crippen molar-refractivity contribution >= 4 is 11.8 Å². The lowest BCUT2D eigenvalue weighted by Crippen LogP contribution is -2.47. The van der Waals surface area contributed by atoms with Crippen molar-refractivity contribution in [3.8, 4) is 5.75 Å². The maximum atomic E-state index is 12.7. The minimum atomic E-state index is -0.221. The lowest BCUT2D eigenvalue weighted by molar-refractivity contribution is -0.136. The predicted octanol–water partition coefficient (Wildman–Crippen LogP) is 1.50. The topological polar surface area (TPSA) is 98.6 Å². The molecule has 0 aliphatic carbocycles. The zero-order valence-electron chi connectivity index (χ0n) is 18.9. The van der Waals surface area contributed by atoms with Gasteiger partial charge in [-0.05, 0) is 49.8 Å². The monoisotopic (exact) mass is 453 g/mol. The molecule has 5 aliphatic heterocycles. The molecular formula is C24H31N5O4. The van der Waals surface area contributed by atoms with Gasteiger partial charge in [0.25, 0.3) is 0 Å². The second-order valence-corrected chi connectivity index (χ2v) is 9.34. The summed E-state index contributed by atoms with van der Waals surface area (Å²) < 4.78 is 13.7. The highest BCUT2D eigenvalue weighted by molar-refractivity contribution is 5.79. The third kappa shape index (κ3) is 5.35. The van der Waals surface area contributed by atoms with Crippen molar-refractivity contribution in [1.29, 1.82) is 0 Å². The van der Waals surface area contributed by atoms with Crippen molar-refractivity contribution in [2.75, 3.05) is 26.3 Å². The molecule has 7 rings (SSSR count). The molecule has 1 atom stereocenters. The Labute approximate surface area is 193 Å². The maximum absolute atomic E-state index is 12.7. The van der Waals surface area contributed by atoms with E-state index in [0.717, 1.165) is 49.1 Å². The average Bonchev–Trinajstić information content (AvgIpc) is 3.42. The summed E-state index contributed by atoms with van der Waals surface area (Å²) in [6, 6.07) is 7.67. The summed E-state index contributed by atoms with van der Waals surface area (Å²) in [5.74, 6) is 0.951. The Hall–Kier alpha value is -2.94. The van der Waals surface area contributed by atoms with Crippen LogP contribution in [0.3, 0.4) is 0 Å². The highest BCUT2D eigenvalue weighted by Gasteiger charge is 2.43. The van der Waals surface area contributed by atoms with Crippen molar-refractivity contribution in [1.82, 2.24) is 25.2 Å². The van der Waals surface area contributed by atoms with Gasteiger partial charge in [-0.1, -0.05) is 17.3 Å². The van der Waals surface area contributed by atoms with Crippen LogP contribution in [0.15, 0.2) is 30.5 Å². The molecule has 1 spiro atoms. The van der Waals surface area contributed by atoms with Gasteiger partial charge in [-0.25, -0.2) is 4.68 Å². The Morgan fingerprint density at radius 2 is 1.88 bits per heavy atom. The first kappa shape index (κ1) is 21.9. The zero-order valence-corrected chi connectivity index (χ0v) is 18.9. The normalized spacial score (nSPS) is 26.8. The summed E-state index contributed by atoms with van der Waals surface area (Å²) in [5.41, 5.74) is 1.62. The SMILES string of the molecule is O=C1Cc2ccc(cc2)OCCn2cc(nn2)CCCC(=O)N2CCC3(CC2)CC(CO3)N1. The number of carbonyl (C=O) groups excluding carboxylic acids is 2. The van der Waals surface area contributed by atoms with Gasteiger partial charge >= 0.3 is 0 Å². The van der Waals surface area contributed by atoms with E-state index in [9.17, 15) is 9.59 Å². The van der Waals surface area contributed by atoms with E-state index in [-0.39, 0.29) is 23.5 Å². The van der Waals surface area contributed by atoms with Gasteiger partial charge in [0.1, 0.15) is 12.4 Å². The smallest absolute Gasteiger partial charge is 0.224 e. The molecular weight excluding hydrogens is 422 g/mol. The predicted molar refractivity (Wildman–Crippen MR) is 120 cm³/mol. The molecule has 9 nitrogen and oxygen atoms in total. The number of aromatic nitrogens is 3. The summed E-state index contributed by atoms with van der Waals surface area (Å²) in [6.45, 7) is 3.02. The average molecular weight is 454 g/mol. The van der Waals surface area contributed by atoms with Crippen LogP contribution in [-0.4, -0.2) is 69.7 Å². The molecule has 176 valence electrons. The molecule has 1 N–H and O–H groups in total. The van der Waals surface area contributed by atoms with Crippen LogP contribution in [0.5, 0.6) is 5.75 Å². The fourth-order valence-electron chi connectivity index (χ4n) is 5.01. The molecule has 7 bridgehead atoms. The molecule has 0 radical (unpaired) electrons. The number of hydrogen-bond acceptors (Lipinski definition) is 6. The molecule has 1 aromatic carbocycles. The second kappa shape index (κ2) is 9.51. The molecule has 0 saturated carbocycles. The van der Waals surface area contributed by atoms with Crippen LogP contribution >= 0.6 is 0 Å². The van der Waals surface area contributed by atoms with Crippen LogP contribution in [0.4, 0.5) is 0 Å². The number of benzene rings is 1. The first-order chi connectivity index (χ1) is 16.1. The van der Waals surface area contributed by atoms with Crippen LogP contribution in [0.25, 0.3) is 0 Å². The lowest BCUT2D eigenvalue weighted by atomic mass is 9.87. The van der Waals surface area contributed by atoms with Crippen molar-refractivity contribution in [3.05, 3.63) is 41.7 Å². The number of fused-ring (bicyclic) bond motifs is 2. The van der Waals surface area contributed by atoms with Gasteiger partial charge in [-0.2, -0.15) is 0 Å². The van der Waals surface area contributed by atoms with E-state index in [1.807, 2.05) is 35.4 Å². The highest BCUT2D eigenvalue weighted by Crippen LogP contribution is 2.36. The fraction of sp³-hybridized carbons (Fsp3) is 0.583. The number of ether oxygens (including phenoxy) is 2. The molecule has 2 saturated heterocycles. The Morgan fingerprint density at radius 1 is 1.06 bits per heavy atom. The summed E-state index contributed by atoms with van der Waals surface area (Å²) in [7, 11) is 0. The largest absolute Gasteiger partial charge is 0.492 e. The number of aryl methyl sites for hydroxylation is 1. The molecule has 1 aromatic heterocycles. The minimum Gasteiger partial charge on any atom is -0.492 e. The summed E-state index contributed by atoms with van der Waals surface area (Å²) >= 11 is 0. The van der Waals surface area contributed by atoms with Crippen LogP contribution < -0.4 is 10.1 Å². The van der Waals surface area contributed by atoms with Crippen molar-refractivity contribution in [2.24, 2.45) is 0 Å². The molecule has 2 aromatic rings. The van der Waals surface area contributed by atoms with Crippen molar-refractivity contribution in [3.63, 3.8) is 0 Å². The highest BCUT2D eigenvalue weighted by atomic mass is 16.5. The summed E-state index contributed by atoms with van der Waals surface area (Å²) in [5, 5.41) is 11.5. The minimum absolute atomic E-state index is 0.00214. The molecule has 9 heteroatoms. The van der Waals surface area contributed by atoms with Crippen LogP contribution in [0.1, 0.15) is 43.4 Å². The Balaban J connectivity index is 1.27. The number of hydrogen-bond donors (Lipinski definition) is 1. The van der Waals surface area contributed by atoms with Gasteiger partial charge in [0.05, 0.1) is 36.9 Å². The third-order valence-corrected chi connectivity index (χ3v) is 6.89. The Kier molecular flexibility index (Phi) is 6.30. The van der Waals surface area contributed by atoms with E-state index in [1.54, 1.807) is 4.68 Å². The zero-order chi connectivity index (χ0) is 22.7. The number of amides is 2. The summed E-state index contributed by atoms with van der Waals surface area (Å²) in [4.78, 5) is 27.2.